The van der Waals surface area contributed by atoms with Crippen LogP contribution in [0.4, 0.5) is 0 Å². The maximum absolute atomic E-state index is 4.65. The molecule has 2 aromatic rings. The minimum Gasteiger partial charge on any atom is -0.316 e. The Bertz CT molecular complexity index is 569. The lowest BCUT2D eigenvalue weighted by molar-refractivity contribution is 0.463. The Labute approximate surface area is 108 Å². The van der Waals surface area contributed by atoms with E-state index in [0.29, 0.717) is 5.92 Å². The predicted molar refractivity (Wildman–Crippen MR) is 76.1 cm³/mol. The molecule has 1 aliphatic rings. The predicted octanol–water partition coefficient (Wildman–Crippen LogP) is 3.32. The average molecular weight is 240 g/mol. The summed E-state index contributed by atoms with van der Waals surface area (Å²) in [6.07, 6.45) is 2.57. The van der Waals surface area contributed by atoms with Gasteiger partial charge < -0.3 is 5.32 Å². The molecule has 1 aromatic carbocycles. The highest BCUT2D eigenvalue weighted by Crippen LogP contribution is 2.30. The summed E-state index contributed by atoms with van der Waals surface area (Å²) in [4.78, 5) is 4.65. The topological polar surface area (TPSA) is 24.9 Å². The molecule has 1 aromatic heterocycles. The molecule has 2 heteroatoms. The molecule has 0 spiro atoms. The summed E-state index contributed by atoms with van der Waals surface area (Å²) in [7, 11) is 0. The van der Waals surface area contributed by atoms with E-state index in [4.69, 9.17) is 0 Å². The fourth-order valence-corrected chi connectivity index (χ4v) is 2.96. The summed E-state index contributed by atoms with van der Waals surface area (Å²) < 4.78 is 0. The minimum absolute atomic E-state index is 0.643. The van der Waals surface area contributed by atoms with Gasteiger partial charge in [0.1, 0.15) is 0 Å². The van der Waals surface area contributed by atoms with E-state index in [2.05, 4.69) is 48.4 Å². The summed E-state index contributed by atoms with van der Waals surface area (Å²) in [6, 6.07) is 8.86. The number of aryl methyl sites for hydroxylation is 2. The lowest BCUT2D eigenvalue weighted by Gasteiger charge is -2.24. The Balaban J connectivity index is 2.16. The van der Waals surface area contributed by atoms with Crippen LogP contribution in [-0.4, -0.2) is 18.1 Å². The van der Waals surface area contributed by atoms with Crippen LogP contribution < -0.4 is 5.32 Å². The second-order valence-electron chi connectivity index (χ2n) is 5.42. The van der Waals surface area contributed by atoms with Crippen LogP contribution in [0.1, 0.15) is 35.6 Å². The van der Waals surface area contributed by atoms with E-state index in [0.717, 1.165) is 24.3 Å². The maximum Gasteiger partial charge on any atom is 0.0708 e. The van der Waals surface area contributed by atoms with Crippen LogP contribution in [0.2, 0.25) is 0 Å². The van der Waals surface area contributed by atoms with Crippen molar-refractivity contribution in [2.24, 2.45) is 0 Å². The standard InChI is InChI=1S/C16H20N2/c1-11-5-6-16-15(8-11)14(9-12(2)18-16)13-4-3-7-17-10-13/h5-6,8-9,13,17H,3-4,7,10H2,1-2H3. The van der Waals surface area contributed by atoms with Gasteiger partial charge in [0.15, 0.2) is 0 Å². The van der Waals surface area contributed by atoms with Crippen molar-refractivity contribution in [3.05, 3.63) is 41.1 Å². The first-order valence-corrected chi connectivity index (χ1v) is 6.82. The molecule has 0 bridgehead atoms. The lowest BCUT2D eigenvalue weighted by Crippen LogP contribution is -2.28. The number of hydrogen-bond acceptors (Lipinski definition) is 2. The van der Waals surface area contributed by atoms with E-state index >= 15 is 0 Å². The molecule has 1 atom stereocenters. The highest BCUT2D eigenvalue weighted by atomic mass is 14.9. The zero-order valence-corrected chi connectivity index (χ0v) is 11.2. The van der Waals surface area contributed by atoms with Crippen LogP contribution in [0.3, 0.4) is 0 Å². The normalized spacial score (nSPS) is 20.2. The van der Waals surface area contributed by atoms with Crippen molar-refractivity contribution < 1.29 is 0 Å². The van der Waals surface area contributed by atoms with Crippen LogP contribution in [0.25, 0.3) is 10.9 Å². The number of piperidine rings is 1. The summed E-state index contributed by atoms with van der Waals surface area (Å²) in [5.74, 6) is 0.643. The fourth-order valence-electron chi connectivity index (χ4n) is 2.96. The summed E-state index contributed by atoms with van der Waals surface area (Å²) in [5, 5.41) is 4.85. The van der Waals surface area contributed by atoms with Crippen molar-refractivity contribution in [2.45, 2.75) is 32.6 Å². The molecular weight excluding hydrogens is 220 g/mol. The number of nitrogens with zero attached hydrogens (tertiary/aromatic N) is 1. The second kappa shape index (κ2) is 4.69. The van der Waals surface area contributed by atoms with Gasteiger partial charge in [-0.25, -0.2) is 0 Å². The third-order valence-electron chi connectivity index (χ3n) is 3.86. The van der Waals surface area contributed by atoms with E-state index in [1.54, 1.807) is 0 Å². The van der Waals surface area contributed by atoms with E-state index in [1.807, 2.05) is 0 Å². The van der Waals surface area contributed by atoms with E-state index < -0.39 is 0 Å². The molecule has 2 heterocycles. The summed E-state index contributed by atoms with van der Waals surface area (Å²) in [6.45, 7) is 6.52. The maximum atomic E-state index is 4.65. The van der Waals surface area contributed by atoms with Crippen molar-refractivity contribution in [3.8, 4) is 0 Å². The molecule has 0 aliphatic carbocycles. The largest absolute Gasteiger partial charge is 0.316 e. The Morgan fingerprint density at radius 3 is 2.89 bits per heavy atom. The van der Waals surface area contributed by atoms with Crippen molar-refractivity contribution in [1.82, 2.24) is 10.3 Å². The van der Waals surface area contributed by atoms with Crippen molar-refractivity contribution >= 4 is 10.9 Å². The summed E-state index contributed by atoms with van der Waals surface area (Å²) in [5.41, 5.74) is 5.07. The third-order valence-corrected chi connectivity index (χ3v) is 3.86. The monoisotopic (exact) mass is 240 g/mol. The molecular formula is C16H20N2. The van der Waals surface area contributed by atoms with Crippen LogP contribution in [0.5, 0.6) is 0 Å². The number of nitrogens with one attached hydrogen (secondary N) is 1. The molecule has 0 saturated carbocycles. The van der Waals surface area contributed by atoms with Gasteiger partial charge in [-0.05, 0) is 62.9 Å². The van der Waals surface area contributed by atoms with E-state index in [-0.39, 0.29) is 0 Å². The van der Waals surface area contributed by atoms with E-state index in [9.17, 15) is 0 Å². The smallest absolute Gasteiger partial charge is 0.0708 e. The fraction of sp³-hybridized carbons (Fsp3) is 0.438. The highest BCUT2D eigenvalue weighted by molar-refractivity contribution is 5.83. The number of hydrogen-bond donors (Lipinski definition) is 1. The molecule has 1 unspecified atom stereocenters. The molecule has 94 valence electrons. The SMILES string of the molecule is Cc1ccc2nc(C)cc(C3CCCNC3)c2c1. The first-order chi connectivity index (χ1) is 8.74. The van der Waals surface area contributed by atoms with Crippen LogP contribution in [-0.2, 0) is 0 Å². The average Bonchev–Trinajstić information content (AvgIpc) is 2.39. The zero-order valence-electron chi connectivity index (χ0n) is 11.2. The van der Waals surface area contributed by atoms with E-state index in [1.165, 1.54) is 29.4 Å². The number of aromatic nitrogens is 1. The summed E-state index contributed by atoms with van der Waals surface area (Å²) >= 11 is 0. The number of rotatable bonds is 1. The van der Waals surface area contributed by atoms with Gasteiger partial charge in [-0.15, -0.1) is 0 Å². The molecule has 1 N–H and O–H groups in total. The number of fused-ring (bicyclic) bond motifs is 1. The molecule has 0 radical (unpaired) electrons. The van der Waals surface area contributed by atoms with Crippen molar-refractivity contribution in [1.29, 1.82) is 0 Å². The first-order valence-electron chi connectivity index (χ1n) is 6.82. The lowest BCUT2D eigenvalue weighted by atomic mass is 9.88. The van der Waals surface area contributed by atoms with Crippen LogP contribution in [0.15, 0.2) is 24.3 Å². The molecule has 1 fully saturated rings. The Morgan fingerprint density at radius 1 is 1.22 bits per heavy atom. The highest BCUT2D eigenvalue weighted by Gasteiger charge is 2.18. The zero-order chi connectivity index (χ0) is 12.5. The van der Waals surface area contributed by atoms with Gasteiger partial charge in [0.2, 0.25) is 0 Å². The number of benzene rings is 1. The molecule has 18 heavy (non-hydrogen) atoms. The van der Waals surface area contributed by atoms with Gasteiger partial charge in [0, 0.05) is 17.6 Å². The second-order valence-corrected chi connectivity index (χ2v) is 5.42. The Morgan fingerprint density at radius 2 is 2.11 bits per heavy atom. The molecule has 1 saturated heterocycles. The van der Waals surface area contributed by atoms with Crippen molar-refractivity contribution in [2.75, 3.05) is 13.1 Å². The van der Waals surface area contributed by atoms with Gasteiger partial charge in [-0.2, -0.15) is 0 Å². The Hall–Kier alpha value is -1.41. The Kier molecular flexibility index (Phi) is 3.04. The third kappa shape index (κ3) is 2.13. The molecule has 2 nitrogen and oxygen atoms in total. The van der Waals surface area contributed by atoms with Crippen molar-refractivity contribution in [3.63, 3.8) is 0 Å². The van der Waals surface area contributed by atoms with Crippen LogP contribution >= 0.6 is 0 Å². The first kappa shape index (κ1) is 11.7. The minimum atomic E-state index is 0.643. The quantitative estimate of drug-likeness (QED) is 0.827. The van der Waals surface area contributed by atoms with Gasteiger partial charge in [0.25, 0.3) is 0 Å². The molecule has 0 amide bonds. The van der Waals surface area contributed by atoms with Crippen LogP contribution in [0, 0.1) is 13.8 Å². The van der Waals surface area contributed by atoms with Gasteiger partial charge in [0.05, 0.1) is 5.52 Å². The van der Waals surface area contributed by atoms with Gasteiger partial charge >= 0.3 is 0 Å². The van der Waals surface area contributed by atoms with Gasteiger partial charge in [-0.1, -0.05) is 11.6 Å². The van der Waals surface area contributed by atoms with Gasteiger partial charge in [-0.3, -0.25) is 4.98 Å². The molecule has 1 aliphatic heterocycles. The number of pyridine rings is 1. The molecule has 3 rings (SSSR count).